The van der Waals surface area contributed by atoms with E-state index in [0.717, 1.165) is 56.8 Å². The topological polar surface area (TPSA) is 120 Å². The Balaban J connectivity index is 0.000000131. The normalized spacial score (nSPS) is 22.5. The van der Waals surface area contributed by atoms with Crippen LogP contribution in [0.4, 0.5) is 0 Å². The maximum Gasteiger partial charge on any atom is 0.227 e. The Labute approximate surface area is 821 Å². The summed E-state index contributed by atoms with van der Waals surface area (Å²) in [7, 11) is 6.97. The van der Waals surface area contributed by atoms with E-state index in [4.69, 9.17) is 83.8 Å². The highest BCUT2D eigenvalue weighted by Crippen LogP contribution is 2.59. The van der Waals surface area contributed by atoms with E-state index in [1.54, 1.807) is 217 Å². The largest absolute Gasteiger partial charge is 0.455 e. The number of rotatable bonds is 8. The van der Waals surface area contributed by atoms with Crippen molar-refractivity contribution in [3.05, 3.63) is 333 Å². The minimum absolute atomic E-state index is 0.00774. The zero-order valence-corrected chi connectivity index (χ0v) is 72.0. The lowest BCUT2D eigenvalue weighted by Gasteiger charge is -2.39. The van der Waals surface area contributed by atoms with Gasteiger partial charge in [-0.15, -0.1) is 0 Å². The van der Waals surface area contributed by atoms with E-state index in [1.165, 1.54) is 30.6 Å². The van der Waals surface area contributed by atoms with Gasteiger partial charge in [0.25, 0.3) is 0 Å². The molecule has 3 unspecified atom stereocenters. The summed E-state index contributed by atoms with van der Waals surface area (Å²) in [6.45, 7) is -28.7. The van der Waals surface area contributed by atoms with Gasteiger partial charge < -0.3 is 17.7 Å². The van der Waals surface area contributed by atoms with Crippen molar-refractivity contribution in [2.45, 2.75) is 158 Å². The second-order valence-corrected chi connectivity index (χ2v) is 34.2. The molecule has 130 heavy (non-hydrogen) atoms. The number of aromatic nitrogens is 8. The average molecular weight is 1750 g/mol. The molecule has 644 valence electrons. The SMILES string of the molecule is [2H]C([2H])([2H])CC1(C([2H])([2H])C([2H])([2H])[2H])c2ccccc2-c2cc3c(nc21)oc1c(-c2ccc(C([2H])([2H])[2H])c[n+]2C)c(C)ccc13.[2H]C([2H])([2H])c1ccc(-c2c(C)ccc3c2oc2cc4c(cc23)-c2cccnc2C4(C([2H])([2H])[2H])C([2H])([2H])[2H])[n+](C)c1.[2H]C([2H])([2H])c1ccc(-c2c(C)ccc3c2oc2nc4c(cc23)-c2ccccc2C4(C([2H])(C)C([2H])([2H])[2H])C([2H])(C([2H])([2H])[2H])C([2H])([2H])[2H])[n+](C)c1.[2H]C([2H])([2H])c1ccc(-c2c(C)ccc3c2oc2nc4c(cc23)-c2ccccc2C4(C([2H])([2H])[2H])C([2H])([2H])[2H])[n+](C)c1. The first-order valence-corrected chi connectivity index (χ1v) is 42.1. The van der Waals surface area contributed by atoms with E-state index in [2.05, 4.69) is 9.97 Å². The maximum atomic E-state index is 9.53. The number of hydrogen-bond donors (Lipinski definition) is 0. The van der Waals surface area contributed by atoms with Gasteiger partial charge in [0.05, 0.1) is 45.0 Å². The van der Waals surface area contributed by atoms with Crippen molar-refractivity contribution < 1.29 is 94.9 Å². The Hall–Kier alpha value is -13.8. The predicted molar refractivity (Wildman–Crippen MR) is 528 cm³/mol. The van der Waals surface area contributed by atoms with Crippen molar-refractivity contribution in [1.82, 2.24) is 19.9 Å². The summed E-state index contributed by atoms with van der Waals surface area (Å²) in [5, 5.41) is 5.14. The lowest BCUT2D eigenvalue weighted by atomic mass is 9.64. The van der Waals surface area contributed by atoms with E-state index >= 15 is 0 Å². The number of fused-ring (bicyclic) bond motifs is 24. The van der Waals surface area contributed by atoms with E-state index < -0.39 is 135 Å². The molecule has 0 aliphatic heterocycles. The zero-order valence-electron chi connectivity index (χ0n) is 115. The molecule has 4 aliphatic carbocycles. The first-order valence-electron chi connectivity index (χ1n) is 63.6. The molecule has 0 spiro atoms. The number of pyridine rings is 8. The summed E-state index contributed by atoms with van der Waals surface area (Å²) in [5.74, 6) is -6.50. The van der Waals surface area contributed by atoms with Gasteiger partial charge in [0.15, 0.2) is 41.5 Å². The summed E-state index contributed by atoms with van der Waals surface area (Å²) in [5.41, 5.74) is 5.84. The standard InChI is InChI=1S/C32H33N2O.C30H29N2O.2C28H25N2O/c1-18(2)32(19(3)4)26-11-9-8-10-22(26)24-16-25-23-14-13-21(6)28(27-15-12-20(5)17-34(27)7)29(23)35-31(25)33-30(24)32;1-6-30(7-2)24-11-9-8-10-20(24)22-16-23-21-14-13-19(4)26(25-15-12-18(3)17-32(25)5)27(21)33-29(23)31-28(22)30;1-16-8-11-23(30(5)15-16)25-17(2)9-10-18-21-13-20-19-7-6-12-29-27(19)28(3,4)22(20)14-24(21)31-26(18)25;1-16-10-13-23(30(5)15-16)24-17(2)11-12-19-21-14-20-18-8-6-7-9-22(18)28(3,4)26(20)29-27(21)31-25(19)24/h8-19H,1-7H3;8-17H,6-7H2,1-5H3;2*6-15H,1-5H3/q4*+1/i1D3,2D3,3D3,5D3,18D,19D;1D3,2D3,3D3,6D2;2*1D3,3D3,4D3. The molecule has 0 bridgehead atoms. The molecule has 0 fully saturated rings. The van der Waals surface area contributed by atoms with Crippen molar-refractivity contribution >= 4 is 88.1 Å². The monoisotopic (exact) mass is 1750 g/mol. The van der Waals surface area contributed by atoms with E-state index in [-0.39, 0.29) is 95.6 Å². The highest BCUT2D eigenvalue weighted by Gasteiger charge is 2.50. The minimum atomic E-state index is -3.63. The molecule has 0 saturated heterocycles. The molecule has 3 atom stereocenters. The molecule has 12 heterocycles. The van der Waals surface area contributed by atoms with Gasteiger partial charge >= 0.3 is 0 Å². The lowest BCUT2D eigenvalue weighted by molar-refractivity contribution is -0.660. The van der Waals surface area contributed by atoms with Gasteiger partial charge in [-0.05, 0) is 207 Å². The molecule has 0 amide bonds. The number of nitrogens with zero attached hydrogens (tertiary/aromatic N) is 8. The summed E-state index contributed by atoms with van der Waals surface area (Å²) in [4.78, 5) is 18.5. The van der Waals surface area contributed by atoms with Crippen LogP contribution in [0.25, 0.3) is 178 Å². The molecule has 0 radical (unpaired) electrons. The molecular formula is C118H112N8O4+4. The predicted octanol–water partition coefficient (Wildman–Crippen LogP) is 27.6. The van der Waals surface area contributed by atoms with Gasteiger partial charge in [0.2, 0.25) is 39.9 Å². The van der Waals surface area contributed by atoms with Crippen LogP contribution in [0.2, 0.25) is 0 Å². The van der Waals surface area contributed by atoms with Crippen molar-refractivity contribution in [3.63, 3.8) is 0 Å². The molecule has 12 nitrogen and oxygen atoms in total. The van der Waals surface area contributed by atoms with Crippen LogP contribution in [0.15, 0.2) is 261 Å². The number of aryl methyl sites for hydroxylation is 12. The smallest absolute Gasteiger partial charge is 0.227 e. The molecule has 12 heteroatoms. The minimum Gasteiger partial charge on any atom is -0.455 e. The van der Waals surface area contributed by atoms with Gasteiger partial charge in [-0.25, -0.2) is 33.2 Å². The molecule has 20 aromatic rings. The van der Waals surface area contributed by atoms with Gasteiger partial charge in [-0.2, -0.15) is 0 Å². The van der Waals surface area contributed by atoms with Crippen LogP contribution in [0, 0.1) is 66.9 Å². The fourth-order valence-corrected chi connectivity index (χ4v) is 20.1. The summed E-state index contributed by atoms with van der Waals surface area (Å²) in [6, 6.07) is 59.5. The Kier molecular flexibility index (Phi) is 11.2. The van der Waals surface area contributed by atoms with Gasteiger partial charge in [0.1, 0.15) is 39.4 Å². The van der Waals surface area contributed by atoms with Crippen LogP contribution >= 0.6 is 0 Å². The second kappa shape index (κ2) is 30.4. The fraction of sp³-hybridized carbons (Fsp3) is 0.254. The zero-order chi connectivity index (χ0) is 127. The van der Waals surface area contributed by atoms with Crippen molar-refractivity contribution in [2.24, 2.45) is 40.0 Å². The van der Waals surface area contributed by atoms with Gasteiger partial charge in [-0.3, -0.25) is 4.98 Å². The molecule has 4 aliphatic rings. The van der Waals surface area contributed by atoms with Crippen LogP contribution in [0.5, 0.6) is 0 Å². The number of furan rings is 4. The number of benzene rings is 8. The Bertz CT molecular complexity index is 9770. The number of hydrogen-bond acceptors (Lipinski definition) is 8. The molecule has 24 rings (SSSR count). The summed E-state index contributed by atoms with van der Waals surface area (Å²) in [6.07, 6.45) is 3.81. The highest BCUT2D eigenvalue weighted by molar-refractivity contribution is 6.15. The lowest BCUT2D eigenvalue weighted by Crippen LogP contribution is -2.38. The maximum absolute atomic E-state index is 9.53. The van der Waals surface area contributed by atoms with E-state index in [1.807, 2.05) is 70.2 Å². The molecule has 8 aromatic carbocycles. The van der Waals surface area contributed by atoms with E-state index in [0.29, 0.717) is 122 Å². The molecule has 0 saturated carbocycles. The Morgan fingerprint density at radius 2 is 0.746 bits per heavy atom. The van der Waals surface area contributed by atoms with Crippen LogP contribution in [0.1, 0.15) is 230 Å². The third kappa shape index (κ3) is 12.3. The van der Waals surface area contributed by atoms with Crippen LogP contribution in [-0.2, 0) is 49.9 Å². The van der Waals surface area contributed by atoms with Crippen LogP contribution in [0.3, 0.4) is 0 Å². The Morgan fingerprint density at radius 3 is 1.20 bits per heavy atom. The highest BCUT2D eigenvalue weighted by atomic mass is 16.4. The van der Waals surface area contributed by atoms with Gasteiger partial charge in [0, 0.05) is 199 Å². The molecular weight excluding hydrogens is 1590 g/mol. The average Bonchev–Trinajstić information content (AvgIpc) is 1.49. The van der Waals surface area contributed by atoms with Crippen LogP contribution < -0.4 is 18.3 Å². The Morgan fingerprint density at radius 1 is 0.354 bits per heavy atom. The fourth-order valence-electron chi connectivity index (χ4n) is 20.1. The third-order valence-corrected chi connectivity index (χ3v) is 26.4. The van der Waals surface area contributed by atoms with E-state index in [9.17, 15) is 2.74 Å². The first kappa shape index (κ1) is 48.0. The van der Waals surface area contributed by atoms with Crippen LogP contribution in [-0.4, -0.2) is 19.9 Å². The second-order valence-electron chi connectivity index (χ2n) is 34.2. The van der Waals surface area contributed by atoms with Gasteiger partial charge in [-0.1, -0.05) is 196 Å². The quantitative estimate of drug-likeness (QED) is 0.138. The molecule has 12 aromatic heterocycles. The summed E-state index contributed by atoms with van der Waals surface area (Å²) >= 11 is 0. The summed E-state index contributed by atoms with van der Waals surface area (Å²) < 4.78 is 389. The van der Waals surface area contributed by atoms with Crippen molar-refractivity contribution in [1.29, 1.82) is 0 Å². The van der Waals surface area contributed by atoms with Crippen molar-refractivity contribution in [3.8, 4) is 89.5 Å². The molecule has 0 N–H and O–H groups in total. The third-order valence-electron chi connectivity index (χ3n) is 26.4. The first-order chi connectivity index (χ1) is 79.7. The van der Waals surface area contributed by atoms with Crippen molar-refractivity contribution in [2.75, 3.05) is 0 Å².